The SMILES string of the molecule is NCCc1nc(-c2nc3ccc(Br)cc3s2)cs1. The number of halogens is 1. The summed E-state index contributed by atoms with van der Waals surface area (Å²) in [7, 11) is 0. The number of rotatable bonds is 3. The van der Waals surface area contributed by atoms with Gasteiger partial charge in [-0.15, -0.1) is 22.7 Å². The monoisotopic (exact) mass is 339 g/mol. The lowest BCUT2D eigenvalue weighted by atomic mass is 10.3. The van der Waals surface area contributed by atoms with Gasteiger partial charge in [0.05, 0.1) is 15.2 Å². The van der Waals surface area contributed by atoms with Crippen molar-refractivity contribution in [3.63, 3.8) is 0 Å². The molecular weight excluding hydrogens is 330 g/mol. The normalized spacial score (nSPS) is 11.2. The van der Waals surface area contributed by atoms with E-state index >= 15 is 0 Å². The van der Waals surface area contributed by atoms with Crippen LogP contribution in [0.15, 0.2) is 28.1 Å². The van der Waals surface area contributed by atoms with Gasteiger partial charge in [-0.25, -0.2) is 9.97 Å². The fourth-order valence-electron chi connectivity index (χ4n) is 1.66. The average molecular weight is 340 g/mol. The first kappa shape index (κ1) is 12.2. The molecule has 92 valence electrons. The molecule has 0 amide bonds. The summed E-state index contributed by atoms with van der Waals surface area (Å²) in [5, 5.41) is 4.10. The molecule has 0 fully saturated rings. The van der Waals surface area contributed by atoms with Crippen molar-refractivity contribution >= 4 is 48.8 Å². The van der Waals surface area contributed by atoms with E-state index in [4.69, 9.17) is 5.73 Å². The van der Waals surface area contributed by atoms with E-state index < -0.39 is 0 Å². The van der Waals surface area contributed by atoms with Crippen LogP contribution in [0.25, 0.3) is 20.9 Å². The number of benzene rings is 1. The van der Waals surface area contributed by atoms with E-state index in [2.05, 4.69) is 37.3 Å². The third-order valence-electron chi connectivity index (χ3n) is 2.48. The predicted octanol–water partition coefficient (Wildman–Crippen LogP) is 3.68. The molecule has 0 saturated heterocycles. The largest absolute Gasteiger partial charge is 0.330 e. The fraction of sp³-hybridized carbons (Fsp3) is 0.167. The molecule has 0 spiro atoms. The van der Waals surface area contributed by atoms with Crippen molar-refractivity contribution in [3.05, 3.63) is 33.1 Å². The quantitative estimate of drug-likeness (QED) is 0.791. The summed E-state index contributed by atoms with van der Waals surface area (Å²) in [5.41, 5.74) is 7.51. The molecule has 0 saturated carbocycles. The first-order valence-electron chi connectivity index (χ1n) is 5.47. The lowest BCUT2D eigenvalue weighted by Crippen LogP contribution is -2.01. The molecule has 0 aliphatic rings. The summed E-state index contributed by atoms with van der Waals surface area (Å²) < 4.78 is 2.25. The van der Waals surface area contributed by atoms with E-state index in [-0.39, 0.29) is 0 Å². The first-order chi connectivity index (χ1) is 8.76. The van der Waals surface area contributed by atoms with Gasteiger partial charge in [-0.1, -0.05) is 15.9 Å². The van der Waals surface area contributed by atoms with Crippen molar-refractivity contribution < 1.29 is 0 Å². The van der Waals surface area contributed by atoms with Gasteiger partial charge in [-0.3, -0.25) is 0 Å². The van der Waals surface area contributed by atoms with Crippen molar-refractivity contribution in [3.8, 4) is 10.7 Å². The number of fused-ring (bicyclic) bond motifs is 1. The zero-order valence-electron chi connectivity index (χ0n) is 9.39. The van der Waals surface area contributed by atoms with E-state index in [0.29, 0.717) is 6.54 Å². The van der Waals surface area contributed by atoms with E-state index in [1.54, 1.807) is 22.7 Å². The summed E-state index contributed by atoms with van der Waals surface area (Å²) in [6.45, 7) is 0.639. The molecule has 0 aliphatic heterocycles. The lowest BCUT2D eigenvalue weighted by Gasteiger charge is -1.88. The highest BCUT2D eigenvalue weighted by atomic mass is 79.9. The van der Waals surface area contributed by atoms with Gasteiger partial charge in [0, 0.05) is 16.3 Å². The number of nitrogens with zero attached hydrogens (tertiary/aromatic N) is 2. The van der Waals surface area contributed by atoms with Crippen LogP contribution in [0.3, 0.4) is 0 Å². The zero-order valence-corrected chi connectivity index (χ0v) is 12.6. The van der Waals surface area contributed by atoms with Crippen molar-refractivity contribution in [2.45, 2.75) is 6.42 Å². The van der Waals surface area contributed by atoms with Crippen molar-refractivity contribution in [2.24, 2.45) is 5.73 Å². The Bertz CT molecular complexity index is 690. The van der Waals surface area contributed by atoms with E-state index in [1.165, 1.54) is 4.70 Å². The topological polar surface area (TPSA) is 51.8 Å². The molecule has 2 heterocycles. The molecule has 0 atom stereocenters. The van der Waals surface area contributed by atoms with Crippen LogP contribution in [0, 0.1) is 0 Å². The molecule has 0 unspecified atom stereocenters. The molecule has 2 aromatic heterocycles. The minimum Gasteiger partial charge on any atom is -0.330 e. The Morgan fingerprint density at radius 2 is 2.17 bits per heavy atom. The molecule has 3 nitrogen and oxygen atoms in total. The van der Waals surface area contributed by atoms with Gasteiger partial charge in [0.1, 0.15) is 10.7 Å². The minimum absolute atomic E-state index is 0.639. The Labute approximate surface area is 121 Å². The molecule has 3 aromatic rings. The molecule has 0 bridgehead atoms. The number of hydrogen-bond donors (Lipinski definition) is 1. The number of hydrogen-bond acceptors (Lipinski definition) is 5. The Morgan fingerprint density at radius 3 is 3.00 bits per heavy atom. The Hall–Kier alpha value is -0.820. The highest BCUT2D eigenvalue weighted by molar-refractivity contribution is 9.10. The van der Waals surface area contributed by atoms with Crippen molar-refractivity contribution in [1.82, 2.24) is 9.97 Å². The van der Waals surface area contributed by atoms with E-state index in [9.17, 15) is 0 Å². The van der Waals surface area contributed by atoms with Gasteiger partial charge in [-0.05, 0) is 24.7 Å². The minimum atomic E-state index is 0.639. The van der Waals surface area contributed by atoms with Gasteiger partial charge in [0.15, 0.2) is 0 Å². The third kappa shape index (κ3) is 2.33. The van der Waals surface area contributed by atoms with Crippen LogP contribution in [-0.4, -0.2) is 16.5 Å². The molecule has 0 radical (unpaired) electrons. The van der Waals surface area contributed by atoms with Crippen LogP contribution in [0.4, 0.5) is 0 Å². The third-order valence-corrected chi connectivity index (χ3v) is 4.92. The van der Waals surface area contributed by atoms with Gasteiger partial charge in [0.25, 0.3) is 0 Å². The number of nitrogens with two attached hydrogens (primary N) is 1. The molecule has 1 aromatic carbocycles. The second kappa shape index (κ2) is 5.05. The van der Waals surface area contributed by atoms with E-state index in [0.717, 1.165) is 32.1 Å². The maximum Gasteiger partial charge on any atom is 0.143 e. The van der Waals surface area contributed by atoms with Crippen LogP contribution in [0.5, 0.6) is 0 Å². The Kier molecular flexibility index (Phi) is 3.43. The predicted molar refractivity (Wildman–Crippen MR) is 81.2 cm³/mol. The van der Waals surface area contributed by atoms with Crippen LogP contribution < -0.4 is 5.73 Å². The number of aromatic nitrogens is 2. The molecule has 6 heteroatoms. The van der Waals surface area contributed by atoms with Crippen LogP contribution >= 0.6 is 38.6 Å². The summed E-state index contributed by atoms with van der Waals surface area (Å²) >= 11 is 6.79. The second-order valence-corrected chi connectivity index (χ2v) is 6.69. The Morgan fingerprint density at radius 1 is 1.28 bits per heavy atom. The van der Waals surface area contributed by atoms with Crippen LogP contribution in [0.2, 0.25) is 0 Å². The molecule has 3 rings (SSSR count). The van der Waals surface area contributed by atoms with E-state index in [1.807, 2.05) is 12.1 Å². The smallest absolute Gasteiger partial charge is 0.143 e. The molecule has 0 aliphatic carbocycles. The molecular formula is C12H10BrN3S2. The first-order valence-corrected chi connectivity index (χ1v) is 7.96. The second-order valence-electron chi connectivity index (χ2n) is 3.80. The molecule has 2 N–H and O–H groups in total. The fourth-order valence-corrected chi connectivity index (χ4v) is 4.01. The number of thiazole rings is 2. The zero-order chi connectivity index (χ0) is 12.5. The summed E-state index contributed by atoms with van der Waals surface area (Å²) in [4.78, 5) is 9.17. The summed E-state index contributed by atoms with van der Waals surface area (Å²) in [6, 6.07) is 6.11. The van der Waals surface area contributed by atoms with Gasteiger partial charge in [0.2, 0.25) is 0 Å². The standard InChI is InChI=1S/C12H10BrN3S2/c13-7-1-2-8-10(5-7)18-12(16-8)9-6-17-11(15-9)3-4-14/h1-2,5-6H,3-4,14H2. The highest BCUT2D eigenvalue weighted by Crippen LogP contribution is 2.32. The maximum absolute atomic E-state index is 5.53. The maximum atomic E-state index is 5.53. The van der Waals surface area contributed by atoms with Gasteiger partial charge in [-0.2, -0.15) is 0 Å². The lowest BCUT2D eigenvalue weighted by molar-refractivity contribution is 0.954. The van der Waals surface area contributed by atoms with Gasteiger partial charge >= 0.3 is 0 Å². The van der Waals surface area contributed by atoms with Crippen LogP contribution in [0.1, 0.15) is 5.01 Å². The average Bonchev–Trinajstić information content (AvgIpc) is 2.94. The summed E-state index contributed by atoms with van der Waals surface area (Å²) in [6.07, 6.45) is 0.834. The van der Waals surface area contributed by atoms with Crippen LogP contribution in [-0.2, 0) is 6.42 Å². The molecule has 18 heavy (non-hydrogen) atoms. The Balaban J connectivity index is 2.02. The van der Waals surface area contributed by atoms with Crippen molar-refractivity contribution in [1.29, 1.82) is 0 Å². The summed E-state index contributed by atoms with van der Waals surface area (Å²) in [5.74, 6) is 0. The highest BCUT2D eigenvalue weighted by Gasteiger charge is 2.10. The van der Waals surface area contributed by atoms with Gasteiger partial charge < -0.3 is 5.73 Å². The van der Waals surface area contributed by atoms with Crippen molar-refractivity contribution in [2.75, 3.05) is 6.54 Å².